The van der Waals surface area contributed by atoms with Crippen molar-refractivity contribution in [1.29, 1.82) is 0 Å². The summed E-state index contributed by atoms with van der Waals surface area (Å²) in [6.07, 6.45) is 4.31. The van der Waals surface area contributed by atoms with Gasteiger partial charge >= 0.3 is 0 Å². The van der Waals surface area contributed by atoms with E-state index < -0.39 is 16.1 Å². The first-order chi connectivity index (χ1) is 17.6. The first kappa shape index (κ1) is 27.9. The minimum atomic E-state index is -1.16. The summed E-state index contributed by atoms with van der Waals surface area (Å²) in [6.45, 7) is 20.0. The molecular formula is C27H45N5O3Si2. The molecule has 0 radical (unpaired) electrons. The second kappa shape index (κ2) is 12.2. The third kappa shape index (κ3) is 8.18. The van der Waals surface area contributed by atoms with Crippen LogP contribution in [-0.2, 0) is 20.9 Å². The fourth-order valence-electron chi connectivity index (χ4n) is 4.22. The highest BCUT2D eigenvalue weighted by molar-refractivity contribution is 6.76. The first-order valence-corrected chi connectivity index (χ1v) is 20.9. The molecule has 1 aromatic heterocycles. The molecule has 2 aromatic rings. The molecule has 0 bridgehead atoms. The molecule has 2 aliphatic heterocycles. The summed E-state index contributed by atoms with van der Waals surface area (Å²) in [5.41, 5.74) is 6.66. The first-order valence-electron chi connectivity index (χ1n) is 13.5. The predicted octanol–water partition coefficient (Wildman–Crippen LogP) is 5.00. The van der Waals surface area contributed by atoms with Crippen LogP contribution in [0.25, 0.3) is 16.6 Å². The molecule has 37 heavy (non-hydrogen) atoms. The molecule has 1 saturated heterocycles. The van der Waals surface area contributed by atoms with Crippen LogP contribution in [0, 0.1) is 0 Å². The van der Waals surface area contributed by atoms with Gasteiger partial charge in [-0.25, -0.2) is 4.98 Å². The van der Waals surface area contributed by atoms with E-state index in [1.165, 1.54) is 0 Å². The number of rotatable bonds is 12. The largest absolute Gasteiger partial charge is 0.378 e. The average molecular weight is 544 g/mol. The summed E-state index contributed by atoms with van der Waals surface area (Å²) in [6, 6.07) is 10.6. The smallest absolute Gasteiger partial charge is 0.144 e. The highest BCUT2D eigenvalue weighted by Gasteiger charge is 2.23. The van der Waals surface area contributed by atoms with Gasteiger partial charge in [-0.1, -0.05) is 51.4 Å². The number of nitrogens with zero attached hydrogens (tertiary/aromatic N) is 4. The van der Waals surface area contributed by atoms with Crippen LogP contribution in [0.2, 0.25) is 51.4 Å². The van der Waals surface area contributed by atoms with Crippen LogP contribution in [-0.4, -0.2) is 81.9 Å². The number of allylic oxidation sites excluding steroid dienone is 2. The van der Waals surface area contributed by atoms with Crippen molar-refractivity contribution in [3.05, 3.63) is 48.2 Å². The van der Waals surface area contributed by atoms with Crippen molar-refractivity contribution in [2.45, 2.75) is 58.1 Å². The SMILES string of the molecule is C[Si](C)(C)CCOCN1C=C(c2nc3ccccc3n2COCC[Si](C)(C)C)C=C(N2CCOCC2)N1. The van der Waals surface area contributed by atoms with E-state index in [1.54, 1.807) is 0 Å². The van der Waals surface area contributed by atoms with Crippen molar-refractivity contribution < 1.29 is 14.2 Å². The Morgan fingerprint density at radius 1 is 0.919 bits per heavy atom. The normalized spacial score (nSPS) is 17.1. The molecule has 2 aliphatic rings. The third-order valence-electron chi connectivity index (χ3n) is 6.55. The summed E-state index contributed by atoms with van der Waals surface area (Å²) in [5.74, 6) is 1.96. The highest BCUT2D eigenvalue weighted by Crippen LogP contribution is 2.27. The number of hydrogen-bond donors (Lipinski definition) is 1. The van der Waals surface area contributed by atoms with E-state index in [1.807, 2.05) is 11.1 Å². The maximum absolute atomic E-state index is 6.21. The van der Waals surface area contributed by atoms with Gasteiger partial charge in [-0.3, -0.25) is 15.0 Å². The van der Waals surface area contributed by atoms with E-state index in [9.17, 15) is 0 Å². The van der Waals surface area contributed by atoms with Gasteiger partial charge in [0, 0.05) is 54.2 Å². The lowest BCUT2D eigenvalue weighted by molar-refractivity contribution is 0.0173. The lowest BCUT2D eigenvalue weighted by Gasteiger charge is -2.37. The number of imidazole rings is 1. The van der Waals surface area contributed by atoms with Gasteiger partial charge in [-0.15, -0.1) is 0 Å². The minimum Gasteiger partial charge on any atom is -0.378 e. The van der Waals surface area contributed by atoms with Gasteiger partial charge in [0.05, 0.1) is 24.2 Å². The Morgan fingerprint density at radius 2 is 1.57 bits per heavy atom. The van der Waals surface area contributed by atoms with Crippen LogP contribution >= 0.6 is 0 Å². The number of hydrogen-bond acceptors (Lipinski definition) is 7. The van der Waals surface area contributed by atoms with Crippen molar-refractivity contribution in [1.82, 2.24) is 24.9 Å². The van der Waals surface area contributed by atoms with Crippen molar-refractivity contribution in [3.63, 3.8) is 0 Å². The number of benzene rings is 1. The summed E-state index contributed by atoms with van der Waals surface area (Å²) < 4.78 is 20.1. The molecule has 0 amide bonds. The van der Waals surface area contributed by atoms with Crippen molar-refractivity contribution in [2.24, 2.45) is 0 Å². The highest BCUT2D eigenvalue weighted by atomic mass is 28.3. The van der Waals surface area contributed by atoms with Gasteiger partial charge in [0.15, 0.2) is 0 Å². The number of ether oxygens (including phenoxy) is 3. The van der Waals surface area contributed by atoms with Gasteiger partial charge in [0.2, 0.25) is 0 Å². The molecule has 10 heteroatoms. The molecule has 204 valence electrons. The number of aromatic nitrogens is 2. The summed E-state index contributed by atoms with van der Waals surface area (Å²) in [4.78, 5) is 7.39. The maximum Gasteiger partial charge on any atom is 0.144 e. The molecule has 1 N–H and O–H groups in total. The lowest BCUT2D eigenvalue weighted by atomic mass is 10.2. The van der Waals surface area contributed by atoms with E-state index in [0.717, 1.165) is 79.9 Å². The molecular weight excluding hydrogens is 499 g/mol. The number of nitrogens with one attached hydrogen (secondary N) is 1. The molecule has 3 heterocycles. The molecule has 0 aliphatic carbocycles. The summed E-state index contributed by atoms with van der Waals surface area (Å²) in [5, 5.41) is 2.04. The fourth-order valence-corrected chi connectivity index (χ4v) is 5.74. The Labute approximate surface area is 224 Å². The second-order valence-electron chi connectivity index (χ2n) is 12.3. The molecule has 1 fully saturated rings. The van der Waals surface area contributed by atoms with Crippen LogP contribution in [0.15, 0.2) is 42.4 Å². The number of fused-ring (bicyclic) bond motifs is 1. The van der Waals surface area contributed by atoms with Gasteiger partial charge < -0.3 is 19.1 Å². The Bertz CT molecular complexity index is 1100. The zero-order valence-electron chi connectivity index (χ0n) is 23.5. The monoisotopic (exact) mass is 543 g/mol. The van der Waals surface area contributed by atoms with Crippen LogP contribution in [0.1, 0.15) is 5.82 Å². The second-order valence-corrected chi connectivity index (χ2v) is 23.6. The molecule has 1 aromatic carbocycles. The molecule has 4 rings (SSSR count). The van der Waals surface area contributed by atoms with Crippen LogP contribution in [0.5, 0.6) is 0 Å². The summed E-state index contributed by atoms with van der Waals surface area (Å²) in [7, 11) is -2.30. The van der Waals surface area contributed by atoms with Gasteiger partial charge in [-0.05, 0) is 30.3 Å². The molecule has 0 unspecified atom stereocenters. The Kier molecular flexibility index (Phi) is 9.17. The van der Waals surface area contributed by atoms with Crippen molar-refractivity contribution in [3.8, 4) is 0 Å². The van der Waals surface area contributed by atoms with E-state index in [2.05, 4.69) is 84.6 Å². The van der Waals surface area contributed by atoms with E-state index in [-0.39, 0.29) is 0 Å². The van der Waals surface area contributed by atoms with Crippen LogP contribution in [0.4, 0.5) is 0 Å². The molecule has 0 saturated carbocycles. The lowest BCUT2D eigenvalue weighted by Crippen LogP contribution is -2.47. The summed E-state index contributed by atoms with van der Waals surface area (Å²) >= 11 is 0. The van der Waals surface area contributed by atoms with E-state index in [0.29, 0.717) is 13.5 Å². The zero-order valence-corrected chi connectivity index (χ0v) is 25.5. The fraction of sp³-hybridized carbons (Fsp3) is 0.593. The van der Waals surface area contributed by atoms with Crippen molar-refractivity contribution >= 4 is 32.8 Å². The standard InChI is InChI=1S/C27H45N5O3Si2/c1-36(2,3)17-15-34-21-31-20-23(19-26(29-31)30-11-13-33-14-12-30)27-28-24-9-7-8-10-25(24)32(27)22-35-16-18-37(4,5)6/h7-10,19-20,29H,11-18,21-22H2,1-6H3. The average Bonchev–Trinajstić information content (AvgIpc) is 3.22. The quantitative estimate of drug-likeness (QED) is 0.299. The van der Waals surface area contributed by atoms with E-state index >= 15 is 0 Å². The van der Waals surface area contributed by atoms with Crippen LogP contribution < -0.4 is 5.43 Å². The van der Waals surface area contributed by atoms with E-state index in [4.69, 9.17) is 19.2 Å². The zero-order chi connectivity index (χ0) is 26.5. The topological polar surface area (TPSA) is 64.0 Å². The third-order valence-corrected chi connectivity index (χ3v) is 9.96. The van der Waals surface area contributed by atoms with Gasteiger partial charge in [0.1, 0.15) is 25.1 Å². The number of morpholine rings is 1. The van der Waals surface area contributed by atoms with Gasteiger partial charge in [-0.2, -0.15) is 0 Å². The number of hydrazine groups is 1. The Balaban J connectivity index is 1.59. The Hall–Kier alpha value is -2.12. The molecule has 0 atom stereocenters. The number of para-hydroxylation sites is 2. The van der Waals surface area contributed by atoms with Crippen molar-refractivity contribution in [2.75, 3.05) is 46.2 Å². The Morgan fingerprint density at radius 3 is 2.24 bits per heavy atom. The van der Waals surface area contributed by atoms with Crippen LogP contribution in [0.3, 0.4) is 0 Å². The van der Waals surface area contributed by atoms with Gasteiger partial charge in [0.25, 0.3) is 0 Å². The predicted molar refractivity (Wildman–Crippen MR) is 156 cm³/mol. The molecule has 0 spiro atoms. The molecule has 8 nitrogen and oxygen atoms in total. The maximum atomic E-state index is 6.21. The minimum absolute atomic E-state index is 0.475.